The van der Waals surface area contributed by atoms with E-state index in [1.165, 1.54) is 23.9 Å². The smallest absolute Gasteiger partial charge is 0.140 e. The van der Waals surface area contributed by atoms with Crippen LogP contribution in [0.3, 0.4) is 0 Å². The summed E-state index contributed by atoms with van der Waals surface area (Å²) in [5.74, 6) is 1.69. The summed E-state index contributed by atoms with van der Waals surface area (Å²) < 4.78 is 28.9. The van der Waals surface area contributed by atoms with Crippen molar-refractivity contribution < 1.29 is 18.6 Å². The number of benzene rings is 2. The molecule has 2 rings (SSSR count). The zero-order valence-electron chi connectivity index (χ0n) is 11.5. The van der Waals surface area contributed by atoms with Crippen molar-refractivity contribution in [2.24, 2.45) is 0 Å². The van der Waals surface area contributed by atoms with Crippen LogP contribution in [0, 0.1) is 5.82 Å². The summed E-state index contributed by atoms with van der Waals surface area (Å²) >= 11 is 1.45. The fourth-order valence-corrected chi connectivity index (χ4v) is 2.69. The van der Waals surface area contributed by atoms with Gasteiger partial charge in [-0.15, -0.1) is 0 Å². The Morgan fingerprint density at radius 2 is 1.40 bits per heavy atom. The first-order valence-corrected chi connectivity index (χ1v) is 6.73. The zero-order chi connectivity index (χ0) is 14.5. The third-order valence-electron chi connectivity index (χ3n) is 2.70. The molecule has 0 atom stereocenters. The second kappa shape index (κ2) is 6.52. The van der Waals surface area contributed by atoms with Crippen molar-refractivity contribution >= 4 is 11.8 Å². The first kappa shape index (κ1) is 14.5. The Morgan fingerprint density at radius 3 is 1.85 bits per heavy atom. The molecule has 0 aliphatic carbocycles. The first-order chi connectivity index (χ1) is 9.67. The van der Waals surface area contributed by atoms with Gasteiger partial charge in [-0.05, 0) is 24.3 Å². The molecule has 0 aliphatic heterocycles. The van der Waals surface area contributed by atoms with Crippen molar-refractivity contribution in [3.63, 3.8) is 0 Å². The van der Waals surface area contributed by atoms with Crippen molar-refractivity contribution in [2.75, 3.05) is 21.3 Å². The molecule has 5 heteroatoms. The highest BCUT2D eigenvalue weighted by atomic mass is 32.2. The van der Waals surface area contributed by atoms with E-state index in [1.54, 1.807) is 45.6 Å². The standard InChI is InChI=1S/C15H15FO3S/c1-17-11-8-13(18-2)15(14(9-11)19-3)20-12-6-4-10(16)5-7-12/h4-9H,1-3H3. The highest BCUT2D eigenvalue weighted by Crippen LogP contribution is 2.44. The number of rotatable bonds is 5. The van der Waals surface area contributed by atoms with Crippen molar-refractivity contribution in [2.45, 2.75) is 9.79 Å². The predicted octanol–water partition coefficient (Wildman–Crippen LogP) is 4.00. The average Bonchev–Trinajstić information content (AvgIpc) is 2.49. The largest absolute Gasteiger partial charge is 0.496 e. The molecular weight excluding hydrogens is 279 g/mol. The van der Waals surface area contributed by atoms with Gasteiger partial charge in [0.1, 0.15) is 23.1 Å². The Balaban J connectivity index is 2.41. The van der Waals surface area contributed by atoms with Crippen LogP contribution >= 0.6 is 11.8 Å². The van der Waals surface area contributed by atoms with Gasteiger partial charge in [-0.3, -0.25) is 0 Å². The van der Waals surface area contributed by atoms with Crippen molar-refractivity contribution in [3.8, 4) is 17.2 Å². The van der Waals surface area contributed by atoms with Gasteiger partial charge in [0, 0.05) is 17.0 Å². The van der Waals surface area contributed by atoms with Gasteiger partial charge < -0.3 is 14.2 Å². The van der Waals surface area contributed by atoms with E-state index in [2.05, 4.69) is 0 Å². The Morgan fingerprint density at radius 1 is 0.850 bits per heavy atom. The summed E-state index contributed by atoms with van der Waals surface area (Å²) in [6.45, 7) is 0. The fourth-order valence-electron chi connectivity index (χ4n) is 1.69. The van der Waals surface area contributed by atoms with Gasteiger partial charge >= 0.3 is 0 Å². The molecule has 0 spiro atoms. The summed E-state index contributed by atoms with van der Waals surface area (Å²) in [5, 5.41) is 0. The lowest BCUT2D eigenvalue weighted by atomic mass is 10.3. The molecule has 2 aromatic carbocycles. The van der Waals surface area contributed by atoms with E-state index in [0.29, 0.717) is 17.2 Å². The molecule has 0 aliphatic rings. The van der Waals surface area contributed by atoms with Gasteiger partial charge in [0.05, 0.1) is 26.2 Å². The zero-order valence-corrected chi connectivity index (χ0v) is 12.3. The van der Waals surface area contributed by atoms with E-state index in [-0.39, 0.29) is 5.82 Å². The lowest BCUT2D eigenvalue weighted by Gasteiger charge is -2.14. The normalized spacial score (nSPS) is 10.2. The summed E-state index contributed by atoms with van der Waals surface area (Å²) in [6, 6.07) is 9.84. The molecule has 0 unspecified atom stereocenters. The second-order valence-corrected chi connectivity index (χ2v) is 5.00. The lowest BCUT2D eigenvalue weighted by Crippen LogP contribution is -1.94. The number of halogens is 1. The minimum absolute atomic E-state index is 0.261. The molecule has 20 heavy (non-hydrogen) atoms. The van der Waals surface area contributed by atoms with Gasteiger partial charge in [0.25, 0.3) is 0 Å². The number of methoxy groups -OCH3 is 3. The molecule has 0 heterocycles. The van der Waals surface area contributed by atoms with E-state index in [4.69, 9.17) is 14.2 Å². The highest BCUT2D eigenvalue weighted by molar-refractivity contribution is 7.99. The molecule has 0 amide bonds. The van der Waals surface area contributed by atoms with E-state index >= 15 is 0 Å². The lowest BCUT2D eigenvalue weighted by molar-refractivity contribution is 0.361. The molecule has 106 valence electrons. The third kappa shape index (κ3) is 3.17. The van der Waals surface area contributed by atoms with Crippen LogP contribution < -0.4 is 14.2 Å². The maximum Gasteiger partial charge on any atom is 0.140 e. The van der Waals surface area contributed by atoms with E-state index < -0.39 is 0 Å². The van der Waals surface area contributed by atoms with Crippen LogP contribution in [0.2, 0.25) is 0 Å². The van der Waals surface area contributed by atoms with Crippen molar-refractivity contribution in [1.82, 2.24) is 0 Å². The molecule has 0 saturated carbocycles. The maximum absolute atomic E-state index is 12.9. The van der Waals surface area contributed by atoms with Crippen LogP contribution in [-0.4, -0.2) is 21.3 Å². The SMILES string of the molecule is COc1cc(OC)c(Sc2ccc(F)cc2)c(OC)c1. The maximum atomic E-state index is 12.9. The first-order valence-electron chi connectivity index (χ1n) is 5.91. The van der Waals surface area contributed by atoms with Crippen LogP contribution in [0.5, 0.6) is 17.2 Å². The van der Waals surface area contributed by atoms with Crippen LogP contribution in [0.1, 0.15) is 0 Å². The number of hydrogen-bond acceptors (Lipinski definition) is 4. The molecule has 0 bridgehead atoms. The molecule has 0 saturated heterocycles. The van der Waals surface area contributed by atoms with Gasteiger partial charge in [-0.1, -0.05) is 11.8 Å². The molecule has 0 N–H and O–H groups in total. The van der Waals surface area contributed by atoms with Crippen LogP contribution in [0.25, 0.3) is 0 Å². The van der Waals surface area contributed by atoms with Crippen molar-refractivity contribution in [3.05, 3.63) is 42.2 Å². The molecule has 0 aromatic heterocycles. The van der Waals surface area contributed by atoms with Crippen LogP contribution in [-0.2, 0) is 0 Å². The Bertz CT molecular complexity index is 559. The minimum Gasteiger partial charge on any atom is -0.496 e. The van der Waals surface area contributed by atoms with Crippen LogP contribution in [0.15, 0.2) is 46.2 Å². The molecular formula is C15H15FO3S. The molecule has 3 nitrogen and oxygen atoms in total. The quantitative estimate of drug-likeness (QED) is 0.833. The summed E-state index contributed by atoms with van der Waals surface area (Å²) in [5.41, 5.74) is 0. The second-order valence-electron chi connectivity index (χ2n) is 3.92. The minimum atomic E-state index is -0.261. The third-order valence-corrected chi connectivity index (χ3v) is 3.82. The topological polar surface area (TPSA) is 27.7 Å². The summed E-state index contributed by atoms with van der Waals surface area (Å²) in [7, 11) is 4.76. The highest BCUT2D eigenvalue weighted by Gasteiger charge is 2.14. The number of ether oxygens (including phenoxy) is 3. The summed E-state index contributed by atoms with van der Waals surface area (Å²) in [6.07, 6.45) is 0. The Hall–Kier alpha value is -1.88. The average molecular weight is 294 g/mol. The molecule has 2 aromatic rings. The van der Waals surface area contributed by atoms with E-state index in [1.807, 2.05) is 0 Å². The van der Waals surface area contributed by atoms with Gasteiger partial charge in [0.2, 0.25) is 0 Å². The van der Waals surface area contributed by atoms with E-state index in [9.17, 15) is 4.39 Å². The summed E-state index contributed by atoms with van der Waals surface area (Å²) in [4.78, 5) is 1.72. The van der Waals surface area contributed by atoms with Gasteiger partial charge in [-0.2, -0.15) is 0 Å². The predicted molar refractivity (Wildman–Crippen MR) is 76.6 cm³/mol. The Kier molecular flexibility index (Phi) is 4.74. The van der Waals surface area contributed by atoms with E-state index in [0.717, 1.165) is 9.79 Å². The van der Waals surface area contributed by atoms with Gasteiger partial charge in [-0.25, -0.2) is 4.39 Å². The van der Waals surface area contributed by atoms with Crippen LogP contribution in [0.4, 0.5) is 4.39 Å². The van der Waals surface area contributed by atoms with Crippen molar-refractivity contribution in [1.29, 1.82) is 0 Å². The molecule has 0 radical (unpaired) electrons. The number of hydrogen-bond donors (Lipinski definition) is 0. The van der Waals surface area contributed by atoms with Gasteiger partial charge in [0.15, 0.2) is 0 Å². The monoisotopic (exact) mass is 294 g/mol. The molecule has 0 fully saturated rings. The Labute approximate surface area is 121 Å². The fraction of sp³-hybridized carbons (Fsp3) is 0.200.